The van der Waals surface area contributed by atoms with Crippen LogP contribution in [0.1, 0.15) is 22.5 Å². The molecule has 0 atom stereocenters. The fraction of sp³-hybridized carbons (Fsp3) is 0.438. The molecule has 0 N–H and O–H groups in total. The summed E-state index contributed by atoms with van der Waals surface area (Å²) in [5, 5.41) is 4.46. The highest BCUT2D eigenvalue weighted by Gasteiger charge is 2.34. The topological polar surface area (TPSA) is 17.8 Å². The Hall–Kier alpha value is -0.510. The van der Waals surface area contributed by atoms with Crippen molar-refractivity contribution in [2.75, 3.05) is 11.8 Å². The molecular formula is C16H19BrCl2N2. The summed E-state index contributed by atoms with van der Waals surface area (Å²) in [5.74, 6) is 0.941. The van der Waals surface area contributed by atoms with Gasteiger partial charge in [0.25, 0.3) is 0 Å². The monoisotopic (exact) mass is 388 g/mol. The molecule has 0 fully saturated rings. The summed E-state index contributed by atoms with van der Waals surface area (Å²) in [6.45, 7) is 4.09. The van der Waals surface area contributed by atoms with Gasteiger partial charge in [-0.15, -0.1) is 23.2 Å². The Morgan fingerprint density at radius 1 is 1.19 bits per heavy atom. The van der Waals surface area contributed by atoms with Gasteiger partial charge in [-0.1, -0.05) is 24.3 Å². The van der Waals surface area contributed by atoms with Crippen molar-refractivity contribution in [1.29, 1.82) is 0 Å². The van der Waals surface area contributed by atoms with Gasteiger partial charge in [0.05, 0.1) is 15.9 Å². The molecular weight excluding hydrogens is 371 g/mol. The van der Waals surface area contributed by atoms with Crippen molar-refractivity contribution in [3.05, 3.63) is 51.3 Å². The van der Waals surface area contributed by atoms with Gasteiger partial charge < -0.3 is 0 Å². The lowest BCUT2D eigenvalue weighted by Crippen LogP contribution is -2.35. The predicted octanol–water partition coefficient (Wildman–Crippen LogP) is 4.76. The summed E-state index contributed by atoms with van der Waals surface area (Å²) in [7, 11) is 1.96. The Bertz CT molecular complexity index is 633. The van der Waals surface area contributed by atoms with Gasteiger partial charge in [-0.25, -0.2) is 0 Å². The first-order valence-electron chi connectivity index (χ1n) is 6.81. The summed E-state index contributed by atoms with van der Waals surface area (Å²) in [4.78, 5) is 0. The quantitative estimate of drug-likeness (QED) is 0.674. The van der Waals surface area contributed by atoms with Crippen molar-refractivity contribution >= 4 is 39.1 Å². The Labute approximate surface area is 144 Å². The smallest absolute Gasteiger partial charge is 0.0738 e. The zero-order chi connectivity index (χ0) is 15.6. The number of halogens is 3. The van der Waals surface area contributed by atoms with Crippen LogP contribution in [0.3, 0.4) is 0 Å². The minimum absolute atomic E-state index is 0.294. The lowest BCUT2D eigenvalue weighted by atomic mass is 9.78. The molecule has 1 aromatic carbocycles. The van der Waals surface area contributed by atoms with E-state index in [4.69, 9.17) is 23.2 Å². The second-order valence-corrected chi connectivity index (χ2v) is 6.84. The van der Waals surface area contributed by atoms with Gasteiger partial charge in [0.15, 0.2) is 0 Å². The second kappa shape index (κ2) is 6.72. The van der Waals surface area contributed by atoms with Crippen LogP contribution in [0.4, 0.5) is 0 Å². The highest BCUT2D eigenvalue weighted by Crippen LogP contribution is 2.36. The SMILES string of the molecule is Cc1ccccc1C(CCl)(CCl)Cc1c(Br)c(C)nn1C. The van der Waals surface area contributed by atoms with Gasteiger partial charge in [0.1, 0.15) is 0 Å². The zero-order valence-corrected chi connectivity index (χ0v) is 15.6. The van der Waals surface area contributed by atoms with E-state index in [0.717, 1.165) is 22.3 Å². The maximum Gasteiger partial charge on any atom is 0.0738 e. The van der Waals surface area contributed by atoms with E-state index < -0.39 is 0 Å². The molecule has 21 heavy (non-hydrogen) atoms. The van der Waals surface area contributed by atoms with Crippen LogP contribution in [0.15, 0.2) is 28.7 Å². The number of nitrogens with zero attached hydrogens (tertiary/aromatic N) is 2. The van der Waals surface area contributed by atoms with E-state index in [1.54, 1.807) is 0 Å². The summed E-state index contributed by atoms with van der Waals surface area (Å²) < 4.78 is 2.95. The zero-order valence-electron chi connectivity index (χ0n) is 12.5. The Morgan fingerprint density at radius 2 is 1.81 bits per heavy atom. The molecule has 0 aliphatic rings. The first-order chi connectivity index (χ1) is 9.95. The Morgan fingerprint density at radius 3 is 2.29 bits per heavy atom. The van der Waals surface area contributed by atoms with Crippen LogP contribution >= 0.6 is 39.1 Å². The number of rotatable bonds is 5. The average Bonchev–Trinajstić information content (AvgIpc) is 2.71. The van der Waals surface area contributed by atoms with Gasteiger partial charge in [-0.3, -0.25) is 4.68 Å². The van der Waals surface area contributed by atoms with E-state index in [9.17, 15) is 0 Å². The van der Waals surface area contributed by atoms with E-state index in [2.05, 4.69) is 40.1 Å². The molecule has 0 saturated heterocycles. The second-order valence-electron chi connectivity index (χ2n) is 5.51. The predicted molar refractivity (Wildman–Crippen MR) is 93.6 cm³/mol. The number of aromatic nitrogens is 2. The van der Waals surface area contributed by atoms with Gasteiger partial charge in [0, 0.05) is 30.6 Å². The molecule has 2 nitrogen and oxygen atoms in total. The first kappa shape index (κ1) is 16.9. The van der Waals surface area contributed by atoms with Crippen molar-refractivity contribution in [3.8, 4) is 0 Å². The van der Waals surface area contributed by atoms with Crippen molar-refractivity contribution < 1.29 is 0 Å². The maximum atomic E-state index is 6.36. The van der Waals surface area contributed by atoms with E-state index >= 15 is 0 Å². The fourth-order valence-corrected chi connectivity index (χ4v) is 3.97. The van der Waals surface area contributed by atoms with Crippen molar-refractivity contribution in [2.45, 2.75) is 25.7 Å². The minimum Gasteiger partial charge on any atom is -0.271 e. The van der Waals surface area contributed by atoms with Crippen LogP contribution in [0.25, 0.3) is 0 Å². The highest BCUT2D eigenvalue weighted by molar-refractivity contribution is 9.10. The Kier molecular flexibility index (Phi) is 5.39. The van der Waals surface area contributed by atoms with E-state index in [0.29, 0.717) is 11.8 Å². The molecule has 0 bridgehead atoms. The number of benzene rings is 1. The average molecular weight is 390 g/mol. The van der Waals surface area contributed by atoms with Gasteiger partial charge in [-0.2, -0.15) is 5.10 Å². The van der Waals surface area contributed by atoms with E-state index in [1.807, 2.05) is 30.8 Å². The third-order valence-corrected chi connectivity index (χ3v) is 6.05. The maximum absolute atomic E-state index is 6.36. The summed E-state index contributed by atoms with van der Waals surface area (Å²) in [6, 6.07) is 8.31. The van der Waals surface area contributed by atoms with Crippen LogP contribution in [-0.4, -0.2) is 21.5 Å². The van der Waals surface area contributed by atoms with Crippen LogP contribution in [-0.2, 0) is 18.9 Å². The molecule has 0 amide bonds. The summed E-state index contributed by atoms with van der Waals surface area (Å²) >= 11 is 16.4. The Balaban J connectivity index is 2.51. The van der Waals surface area contributed by atoms with Crippen molar-refractivity contribution in [2.24, 2.45) is 7.05 Å². The highest BCUT2D eigenvalue weighted by atomic mass is 79.9. The number of hydrogen-bond acceptors (Lipinski definition) is 1. The molecule has 114 valence electrons. The number of alkyl halides is 2. The molecule has 0 spiro atoms. The third-order valence-electron chi connectivity index (χ3n) is 4.00. The molecule has 5 heteroatoms. The van der Waals surface area contributed by atoms with E-state index in [-0.39, 0.29) is 5.41 Å². The molecule has 2 aromatic rings. The molecule has 0 saturated carbocycles. The molecule has 1 aromatic heterocycles. The molecule has 0 radical (unpaired) electrons. The van der Waals surface area contributed by atoms with Crippen LogP contribution in [0, 0.1) is 13.8 Å². The van der Waals surface area contributed by atoms with Crippen LogP contribution in [0.5, 0.6) is 0 Å². The minimum atomic E-state index is -0.294. The number of hydrogen-bond donors (Lipinski definition) is 0. The molecule has 2 rings (SSSR count). The fourth-order valence-electron chi connectivity index (χ4n) is 2.73. The lowest BCUT2D eigenvalue weighted by molar-refractivity contribution is 0.507. The van der Waals surface area contributed by atoms with E-state index in [1.165, 1.54) is 11.1 Å². The molecule has 1 heterocycles. The lowest BCUT2D eigenvalue weighted by Gasteiger charge is -2.32. The first-order valence-corrected chi connectivity index (χ1v) is 8.67. The number of aryl methyl sites for hydroxylation is 3. The standard InChI is InChI=1S/C16H19BrCl2N2/c1-11-6-4-5-7-13(11)16(9-18,10-19)8-14-15(17)12(2)20-21(14)3/h4-7H,8-10H2,1-3H3. The normalized spacial score (nSPS) is 11.9. The van der Waals surface area contributed by atoms with Crippen LogP contribution in [0.2, 0.25) is 0 Å². The van der Waals surface area contributed by atoms with Crippen molar-refractivity contribution in [1.82, 2.24) is 9.78 Å². The van der Waals surface area contributed by atoms with Crippen LogP contribution < -0.4 is 0 Å². The summed E-state index contributed by atoms with van der Waals surface area (Å²) in [6.07, 6.45) is 0.753. The molecule has 0 unspecified atom stereocenters. The largest absolute Gasteiger partial charge is 0.271 e. The van der Waals surface area contributed by atoms with Crippen molar-refractivity contribution in [3.63, 3.8) is 0 Å². The van der Waals surface area contributed by atoms with Gasteiger partial charge in [0.2, 0.25) is 0 Å². The van der Waals surface area contributed by atoms with Gasteiger partial charge >= 0.3 is 0 Å². The molecule has 0 aliphatic heterocycles. The molecule has 0 aliphatic carbocycles. The van der Waals surface area contributed by atoms with Gasteiger partial charge in [-0.05, 0) is 40.9 Å². The summed E-state index contributed by atoms with van der Waals surface area (Å²) in [5.41, 5.74) is 4.24. The third kappa shape index (κ3) is 3.15.